The number of allylic oxidation sites excluding steroid dienone is 10. The molecule has 0 saturated heterocycles. The van der Waals surface area contributed by atoms with E-state index in [1.165, 1.54) is 64.9 Å². The van der Waals surface area contributed by atoms with Gasteiger partial charge in [0.2, 0.25) is 0 Å². The van der Waals surface area contributed by atoms with Crippen molar-refractivity contribution >= 4 is 23.8 Å². The Kier molecular flexibility index (Phi) is 5.26. The first-order valence-corrected chi connectivity index (χ1v) is 10.8. The largest absolute Gasteiger partial charge is 0.337 e. The molecular formula is C27H31N. The highest BCUT2D eigenvalue weighted by Gasteiger charge is 2.36. The van der Waals surface area contributed by atoms with E-state index in [1.54, 1.807) is 0 Å². The van der Waals surface area contributed by atoms with E-state index in [4.69, 9.17) is 0 Å². The summed E-state index contributed by atoms with van der Waals surface area (Å²) < 4.78 is 2.60. The molecular weight excluding hydrogens is 338 g/mol. The SMILES string of the molecule is C=Cc1c(/C=C\C)c2c(n1C1CCCC1)C=C1C=CC=C3C=CC=C2C31.CC. The lowest BCUT2D eigenvalue weighted by molar-refractivity contribution is 0.514. The van der Waals surface area contributed by atoms with Crippen LogP contribution < -0.4 is 0 Å². The molecule has 1 fully saturated rings. The Morgan fingerprint density at radius 3 is 2.46 bits per heavy atom. The first kappa shape index (κ1) is 18.8. The van der Waals surface area contributed by atoms with Gasteiger partial charge < -0.3 is 4.57 Å². The fourth-order valence-electron chi connectivity index (χ4n) is 5.23. The number of hydrogen-bond acceptors (Lipinski definition) is 0. The zero-order valence-electron chi connectivity index (χ0n) is 17.4. The molecule has 4 aliphatic rings. The normalized spacial score (nSPS) is 22.1. The van der Waals surface area contributed by atoms with Crippen LogP contribution in [-0.2, 0) is 0 Å². The molecule has 4 aliphatic carbocycles. The van der Waals surface area contributed by atoms with E-state index in [0.717, 1.165) is 0 Å². The second-order valence-corrected chi connectivity index (χ2v) is 7.66. The van der Waals surface area contributed by atoms with Crippen molar-refractivity contribution in [1.82, 2.24) is 4.57 Å². The summed E-state index contributed by atoms with van der Waals surface area (Å²) in [5, 5.41) is 0. The minimum Gasteiger partial charge on any atom is -0.337 e. The fraction of sp³-hybridized carbons (Fsp3) is 0.333. The molecule has 1 aromatic rings. The van der Waals surface area contributed by atoms with E-state index >= 15 is 0 Å². The summed E-state index contributed by atoms with van der Waals surface area (Å²) in [7, 11) is 0. The quantitative estimate of drug-likeness (QED) is 0.513. The Morgan fingerprint density at radius 2 is 1.75 bits per heavy atom. The average Bonchev–Trinajstić information content (AvgIpc) is 3.36. The van der Waals surface area contributed by atoms with Gasteiger partial charge in [0, 0.05) is 34.5 Å². The molecule has 1 saturated carbocycles. The zero-order chi connectivity index (χ0) is 19.7. The lowest BCUT2D eigenvalue weighted by Gasteiger charge is -2.32. The standard InChI is InChI=1S/C25H25N.C2H6/c1-3-9-20-22(4-2)26(19-13-5-6-14-19)23-16-18-12-7-10-17-11-8-15-21(24(17)18)25(20)23;1-2/h3-4,7-12,15-16,19,24H,2,5-6,13-14H2,1H3;1-2H3/b9-3-;. The smallest absolute Gasteiger partial charge is 0.0500 e. The first-order chi connectivity index (χ1) is 13.8. The summed E-state index contributed by atoms with van der Waals surface area (Å²) in [5.74, 6) is 0.388. The third kappa shape index (κ3) is 2.76. The van der Waals surface area contributed by atoms with E-state index < -0.39 is 0 Å². The number of rotatable bonds is 3. The van der Waals surface area contributed by atoms with Crippen LogP contribution in [0.25, 0.3) is 23.8 Å². The van der Waals surface area contributed by atoms with Gasteiger partial charge in [-0.2, -0.15) is 0 Å². The lowest BCUT2D eigenvalue weighted by atomic mass is 9.72. The summed E-state index contributed by atoms with van der Waals surface area (Å²) in [6, 6.07) is 0.603. The minimum absolute atomic E-state index is 0.388. The summed E-state index contributed by atoms with van der Waals surface area (Å²) in [5.41, 5.74) is 9.72. The molecule has 1 nitrogen and oxygen atoms in total. The molecule has 5 rings (SSSR count). The monoisotopic (exact) mass is 369 g/mol. The highest BCUT2D eigenvalue weighted by atomic mass is 15.0. The lowest BCUT2D eigenvalue weighted by Crippen LogP contribution is -2.18. The van der Waals surface area contributed by atoms with E-state index in [-0.39, 0.29) is 0 Å². The second kappa shape index (κ2) is 7.83. The van der Waals surface area contributed by atoms with Gasteiger partial charge in [-0.25, -0.2) is 0 Å². The molecule has 0 radical (unpaired) electrons. The Morgan fingerprint density at radius 1 is 1.04 bits per heavy atom. The number of hydrogen-bond donors (Lipinski definition) is 0. The molecule has 1 atom stereocenters. The van der Waals surface area contributed by atoms with Crippen LogP contribution in [0.4, 0.5) is 0 Å². The predicted octanol–water partition coefficient (Wildman–Crippen LogP) is 7.77. The van der Waals surface area contributed by atoms with Crippen molar-refractivity contribution in [1.29, 1.82) is 0 Å². The molecule has 0 bridgehead atoms. The van der Waals surface area contributed by atoms with Gasteiger partial charge in [-0.1, -0.05) is 81.9 Å². The molecule has 1 aromatic heterocycles. The summed E-state index contributed by atoms with van der Waals surface area (Å²) >= 11 is 0. The molecule has 0 amide bonds. The molecule has 0 aliphatic heterocycles. The van der Waals surface area contributed by atoms with Crippen LogP contribution in [0, 0.1) is 5.92 Å². The van der Waals surface area contributed by atoms with Crippen molar-refractivity contribution in [3.8, 4) is 0 Å². The van der Waals surface area contributed by atoms with E-state index in [1.807, 2.05) is 13.8 Å². The molecule has 28 heavy (non-hydrogen) atoms. The molecule has 1 unspecified atom stereocenters. The topological polar surface area (TPSA) is 4.93 Å². The fourth-order valence-corrected chi connectivity index (χ4v) is 5.23. The van der Waals surface area contributed by atoms with E-state index in [0.29, 0.717) is 12.0 Å². The van der Waals surface area contributed by atoms with Gasteiger partial charge in [0.25, 0.3) is 0 Å². The molecule has 144 valence electrons. The van der Waals surface area contributed by atoms with Gasteiger partial charge in [0.15, 0.2) is 0 Å². The molecule has 1 heteroatoms. The average molecular weight is 370 g/mol. The Labute approximate surface area is 169 Å². The van der Waals surface area contributed by atoms with Crippen LogP contribution in [0.1, 0.15) is 75.0 Å². The summed E-state index contributed by atoms with van der Waals surface area (Å²) in [6.45, 7) is 10.3. The van der Waals surface area contributed by atoms with Crippen molar-refractivity contribution in [2.45, 2.75) is 52.5 Å². The van der Waals surface area contributed by atoms with Crippen LogP contribution in [0.3, 0.4) is 0 Å². The molecule has 0 spiro atoms. The maximum atomic E-state index is 4.19. The Balaban J connectivity index is 0.000000932. The van der Waals surface area contributed by atoms with Crippen LogP contribution in [0.15, 0.2) is 60.3 Å². The highest BCUT2D eigenvalue weighted by Crippen LogP contribution is 2.50. The van der Waals surface area contributed by atoms with Gasteiger partial charge in [-0.05, 0) is 48.6 Å². The Bertz CT molecular complexity index is 962. The third-order valence-electron chi connectivity index (χ3n) is 6.25. The molecule has 0 N–H and O–H groups in total. The summed E-state index contributed by atoms with van der Waals surface area (Å²) in [6.07, 6.45) is 27.7. The van der Waals surface area contributed by atoms with E-state index in [2.05, 4.69) is 78.8 Å². The maximum Gasteiger partial charge on any atom is 0.0500 e. The first-order valence-electron chi connectivity index (χ1n) is 10.8. The van der Waals surface area contributed by atoms with Gasteiger partial charge in [0.05, 0.1) is 0 Å². The van der Waals surface area contributed by atoms with Crippen molar-refractivity contribution in [3.05, 3.63) is 82.8 Å². The molecule has 0 aromatic carbocycles. The number of fused-ring (bicyclic) bond motifs is 2. The van der Waals surface area contributed by atoms with Crippen molar-refractivity contribution in [2.24, 2.45) is 5.92 Å². The zero-order valence-corrected chi connectivity index (χ0v) is 17.4. The maximum absolute atomic E-state index is 4.19. The molecule has 1 heterocycles. The van der Waals surface area contributed by atoms with Gasteiger partial charge in [-0.15, -0.1) is 0 Å². The second-order valence-electron chi connectivity index (χ2n) is 7.66. The van der Waals surface area contributed by atoms with Crippen LogP contribution >= 0.6 is 0 Å². The highest BCUT2D eigenvalue weighted by molar-refractivity contribution is 5.94. The van der Waals surface area contributed by atoms with Gasteiger partial charge in [0.1, 0.15) is 0 Å². The number of nitrogens with zero attached hydrogens (tertiary/aromatic N) is 1. The van der Waals surface area contributed by atoms with E-state index in [9.17, 15) is 0 Å². The van der Waals surface area contributed by atoms with Crippen LogP contribution in [-0.4, -0.2) is 4.57 Å². The predicted molar refractivity (Wildman–Crippen MR) is 124 cm³/mol. The van der Waals surface area contributed by atoms with Crippen molar-refractivity contribution in [2.75, 3.05) is 0 Å². The van der Waals surface area contributed by atoms with Gasteiger partial charge >= 0.3 is 0 Å². The summed E-state index contributed by atoms with van der Waals surface area (Å²) in [4.78, 5) is 0. The van der Waals surface area contributed by atoms with Gasteiger partial charge in [-0.3, -0.25) is 0 Å². The number of aromatic nitrogens is 1. The van der Waals surface area contributed by atoms with Crippen molar-refractivity contribution < 1.29 is 0 Å². The van der Waals surface area contributed by atoms with Crippen LogP contribution in [0.2, 0.25) is 0 Å². The van der Waals surface area contributed by atoms with Crippen molar-refractivity contribution in [3.63, 3.8) is 0 Å². The Hall–Kier alpha value is -2.54. The van der Waals surface area contributed by atoms with Crippen LogP contribution in [0.5, 0.6) is 0 Å². The minimum atomic E-state index is 0.388. The third-order valence-corrected chi connectivity index (χ3v) is 6.25.